The number of thiazole rings is 1. The van der Waals surface area contributed by atoms with E-state index in [0.717, 1.165) is 16.9 Å². The maximum Gasteiger partial charge on any atom is 0.227 e. The molecule has 1 amide bonds. The van der Waals surface area contributed by atoms with E-state index in [1.165, 1.54) is 0 Å². The number of nitrogens with zero attached hydrogens (tertiary/aromatic N) is 1. The highest BCUT2D eigenvalue weighted by molar-refractivity contribution is 7.13. The van der Waals surface area contributed by atoms with Crippen LogP contribution in [0.15, 0.2) is 18.2 Å². The lowest BCUT2D eigenvalue weighted by molar-refractivity contribution is -0.254. The third kappa shape index (κ3) is 4.23. The molecule has 0 atom stereocenters. The molecule has 2 aromatic rings. The van der Waals surface area contributed by atoms with Crippen molar-refractivity contribution >= 4 is 23.2 Å². The molecule has 0 unspecified atom stereocenters. The Balaban J connectivity index is 2.01. The minimum Gasteiger partial charge on any atom is -0.544 e. The Labute approximate surface area is 143 Å². The Hall–Kier alpha value is -2.61. The largest absolute Gasteiger partial charge is 0.544 e. The van der Waals surface area contributed by atoms with Crippen LogP contribution in [0.3, 0.4) is 0 Å². The highest BCUT2D eigenvalue weighted by Gasteiger charge is 2.13. The maximum atomic E-state index is 12.1. The van der Waals surface area contributed by atoms with Crippen molar-refractivity contribution in [3.05, 3.63) is 39.3 Å². The van der Waals surface area contributed by atoms with Gasteiger partial charge in [-0.25, -0.2) is 4.98 Å². The van der Waals surface area contributed by atoms with E-state index in [2.05, 4.69) is 10.3 Å². The number of carbonyl (C=O) groups is 2. The number of aryl methyl sites for hydroxylation is 1. The first-order chi connectivity index (χ1) is 11.4. The first-order valence-electron chi connectivity index (χ1n) is 7.09. The number of benzene rings is 1. The predicted octanol–water partition coefficient (Wildman–Crippen LogP) is 0.691. The minimum absolute atomic E-state index is 0.00503. The average molecular weight is 349 g/mol. The van der Waals surface area contributed by atoms with Crippen LogP contribution in [0.5, 0.6) is 11.5 Å². The second kappa shape index (κ2) is 7.78. The van der Waals surface area contributed by atoms with E-state index in [0.29, 0.717) is 22.2 Å². The molecule has 7 nitrogen and oxygen atoms in total. The van der Waals surface area contributed by atoms with E-state index in [9.17, 15) is 14.7 Å². The van der Waals surface area contributed by atoms with Crippen molar-refractivity contribution in [1.82, 2.24) is 10.3 Å². The summed E-state index contributed by atoms with van der Waals surface area (Å²) in [4.78, 5) is 27.1. The molecule has 0 saturated carbocycles. The predicted molar refractivity (Wildman–Crippen MR) is 86.3 cm³/mol. The van der Waals surface area contributed by atoms with Gasteiger partial charge in [0.1, 0.15) is 16.5 Å². The summed E-state index contributed by atoms with van der Waals surface area (Å²) in [5.74, 6) is -0.245. The zero-order valence-corrected chi connectivity index (χ0v) is 14.4. The molecule has 2 rings (SSSR count). The number of carboxylic acids is 1. The van der Waals surface area contributed by atoms with Crippen molar-refractivity contribution in [2.45, 2.75) is 19.9 Å². The highest BCUT2D eigenvalue weighted by Crippen LogP contribution is 2.24. The van der Waals surface area contributed by atoms with Gasteiger partial charge in [0.15, 0.2) is 0 Å². The molecule has 0 bridgehead atoms. The summed E-state index contributed by atoms with van der Waals surface area (Å²) in [7, 11) is 3.11. The number of amides is 1. The van der Waals surface area contributed by atoms with E-state index in [1.54, 1.807) is 39.3 Å². The third-order valence-corrected chi connectivity index (χ3v) is 4.44. The number of aromatic carboxylic acids is 1. The van der Waals surface area contributed by atoms with Crippen LogP contribution >= 0.6 is 11.3 Å². The van der Waals surface area contributed by atoms with Crippen molar-refractivity contribution in [3.8, 4) is 11.5 Å². The number of aromatic nitrogens is 1. The molecule has 0 aliphatic carbocycles. The summed E-state index contributed by atoms with van der Waals surface area (Å²) in [6.45, 7) is 1.83. The Morgan fingerprint density at radius 3 is 2.62 bits per heavy atom. The Kier molecular flexibility index (Phi) is 5.75. The third-order valence-electron chi connectivity index (χ3n) is 3.30. The lowest BCUT2D eigenvalue weighted by Gasteiger charge is -2.11. The molecule has 24 heavy (non-hydrogen) atoms. The van der Waals surface area contributed by atoms with Gasteiger partial charge in [0.25, 0.3) is 0 Å². The van der Waals surface area contributed by atoms with Gasteiger partial charge < -0.3 is 24.7 Å². The fourth-order valence-corrected chi connectivity index (χ4v) is 3.03. The molecular weight excluding hydrogens is 332 g/mol. The molecule has 1 N–H and O–H groups in total. The molecule has 0 aliphatic heterocycles. The van der Waals surface area contributed by atoms with Gasteiger partial charge in [0.2, 0.25) is 5.91 Å². The fraction of sp³-hybridized carbons (Fsp3) is 0.312. The van der Waals surface area contributed by atoms with Gasteiger partial charge in [0, 0.05) is 12.1 Å². The van der Waals surface area contributed by atoms with E-state index in [1.807, 2.05) is 0 Å². The molecule has 1 aromatic heterocycles. The first-order valence-corrected chi connectivity index (χ1v) is 7.91. The van der Waals surface area contributed by atoms with E-state index < -0.39 is 5.97 Å². The normalized spacial score (nSPS) is 10.3. The van der Waals surface area contributed by atoms with Crippen LogP contribution in [-0.2, 0) is 17.8 Å². The van der Waals surface area contributed by atoms with Crippen LogP contribution < -0.4 is 19.9 Å². The van der Waals surface area contributed by atoms with E-state index in [-0.39, 0.29) is 23.7 Å². The van der Waals surface area contributed by atoms with Crippen molar-refractivity contribution < 1.29 is 24.2 Å². The van der Waals surface area contributed by atoms with Crippen molar-refractivity contribution in [1.29, 1.82) is 0 Å². The molecule has 8 heteroatoms. The van der Waals surface area contributed by atoms with E-state index in [4.69, 9.17) is 9.47 Å². The van der Waals surface area contributed by atoms with Gasteiger partial charge in [-0.3, -0.25) is 4.79 Å². The van der Waals surface area contributed by atoms with Gasteiger partial charge in [-0.15, -0.1) is 11.3 Å². The number of hydrogen-bond acceptors (Lipinski definition) is 7. The number of hydrogen-bond donors (Lipinski definition) is 1. The van der Waals surface area contributed by atoms with Gasteiger partial charge in [-0.05, 0) is 25.1 Å². The average Bonchev–Trinajstić information content (AvgIpc) is 2.93. The van der Waals surface area contributed by atoms with Gasteiger partial charge in [-0.1, -0.05) is 0 Å². The molecule has 0 saturated heterocycles. The number of carboxylic acid groups (broad SMARTS) is 1. The molecule has 0 spiro atoms. The summed E-state index contributed by atoms with van der Waals surface area (Å²) in [5, 5.41) is 14.1. The fourth-order valence-electron chi connectivity index (χ4n) is 2.13. The van der Waals surface area contributed by atoms with Crippen molar-refractivity contribution in [2.24, 2.45) is 0 Å². The first kappa shape index (κ1) is 17.7. The Morgan fingerprint density at radius 2 is 2.04 bits per heavy atom. The lowest BCUT2D eigenvalue weighted by atomic mass is 10.2. The van der Waals surface area contributed by atoms with Crippen LogP contribution in [0.1, 0.15) is 25.9 Å². The molecule has 0 radical (unpaired) electrons. The standard InChI is InChI=1S/C16H18N2O5S/c1-9-15(16(20)21)24-14(18-9)7-13(19)17-8-10-6-11(22-2)4-5-12(10)23-3/h4-6H,7-8H2,1-3H3,(H,17,19)(H,20,21)/p-1. The summed E-state index contributed by atoms with van der Waals surface area (Å²) >= 11 is 0.953. The SMILES string of the molecule is COc1ccc(OC)c(CNC(=O)Cc2nc(C)c(C(=O)[O-])s2)c1. The van der Waals surface area contributed by atoms with Gasteiger partial charge in [-0.2, -0.15) is 0 Å². The number of rotatable bonds is 7. The van der Waals surface area contributed by atoms with Gasteiger partial charge >= 0.3 is 0 Å². The molecule has 0 fully saturated rings. The molecule has 1 heterocycles. The topological polar surface area (TPSA) is 101 Å². The summed E-state index contributed by atoms with van der Waals surface area (Å²) in [6, 6.07) is 5.31. The van der Waals surface area contributed by atoms with Crippen molar-refractivity contribution in [2.75, 3.05) is 14.2 Å². The molecule has 128 valence electrons. The second-order valence-electron chi connectivity index (χ2n) is 4.94. The lowest BCUT2D eigenvalue weighted by Crippen LogP contribution is -2.24. The van der Waals surface area contributed by atoms with Crippen LogP contribution in [0.25, 0.3) is 0 Å². The summed E-state index contributed by atoms with van der Waals surface area (Å²) in [5.41, 5.74) is 1.13. The molecule has 1 aromatic carbocycles. The van der Waals surface area contributed by atoms with Crippen LogP contribution in [0, 0.1) is 6.92 Å². The Morgan fingerprint density at radius 1 is 1.29 bits per heavy atom. The monoisotopic (exact) mass is 349 g/mol. The van der Waals surface area contributed by atoms with Crippen LogP contribution in [0.2, 0.25) is 0 Å². The molecule has 0 aliphatic rings. The maximum absolute atomic E-state index is 12.1. The van der Waals surface area contributed by atoms with E-state index >= 15 is 0 Å². The summed E-state index contributed by atoms with van der Waals surface area (Å²) in [6.07, 6.45) is 0.00503. The smallest absolute Gasteiger partial charge is 0.227 e. The number of carbonyl (C=O) groups excluding carboxylic acids is 2. The van der Waals surface area contributed by atoms with Crippen molar-refractivity contribution in [3.63, 3.8) is 0 Å². The number of methoxy groups -OCH3 is 2. The Bertz CT molecular complexity index is 757. The minimum atomic E-state index is -1.28. The zero-order valence-electron chi connectivity index (χ0n) is 13.5. The number of nitrogens with one attached hydrogen (secondary N) is 1. The quantitative estimate of drug-likeness (QED) is 0.789. The van der Waals surface area contributed by atoms with Crippen LogP contribution in [0.4, 0.5) is 0 Å². The number of ether oxygens (including phenoxy) is 2. The van der Waals surface area contributed by atoms with Gasteiger partial charge in [0.05, 0.1) is 37.2 Å². The second-order valence-corrected chi connectivity index (χ2v) is 6.02. The summed E-state index contributed by atoms with van der Waals surface area (Å²) < 4.78 is 10.4. The molecular formula is C16H17N2O5S-. The highest BCUT2D eigenvalue weighted by atomic mass is 32.1. The van der Waals surface area contributed by atoms with Crippen LogP contribution in [-0.4, -0.2) is 31.1 Å². The zero-order chi connectivity index (χ0) is 17.7.